The lowest BCUT2D eigenvalue weighted by Gasteiger charge is -2.33. The number of nitrogens with zero attached hydrogens (tertiary/aromatic N) is 2. The lowest BCUT2D eigenvalue weighted by atomic mass is 9.95. The van der Waals surface area contributed by atoms with Gasteiger partial charge in [-0.3, -0.25) is 14.2 Å². The summed E-state index contributed by atoms with van der Waals surface area (Å²) in [5, 5.41) is 2.93. The van der Waals surface area contributed by atoms with E-state index < -0.39 is 11.8 Å². The average molecular weight is 393 g/mol. The quantitative estimate of drug-likeness (QED) is 0.738. The maximum Gasteiger partial charge on any atom is 0.420 e. The smallest absolute Gasteiger partial charge is 0.408 e. The molecule has 150 valence electrons. The molecule has 0 saturated carbocycles. The minimum Gasteiger partial charge on any atom is -0.408 e. The number of fused-ring (bicyclic) bond motifs is 1. The molecule has 0 spiro atoms. The van der Waals surface area contributed by atoms with Crippen molar-refractivity contribution in [2.24, 2.45) is 5.92 Å². The van der Waals surface area contributed by atoms with Gasteiger partial charge in [-0.1, -0.05) is 30.3 Å². The van der Waals surface area contributed by atoms with Gasteiger partial charge in [0.25, 0.3) is 0 Å². The number of carbonyl (C=O) groups excluding carboxylic acids is 2. The van der Waals surface area contributed by atoms with Gasteiger partial charge in [0, 0.05) is 24.7 Å². The van der Waals surface area contributed by atoms with Gasteiger partial charge in [-0.15, -0.1) is 0 Å². The van der Waals surface area contributed by atoms with E-state index in [0.29, 0.717) is 37.0 Å². The molecule has 1 aliphatic heterocycles. The third-order valence-corrected chi connectivity index (χ3v) is 5.48. The molecule has 0 aliphatic carbocycles. The molecule has 1 unspecified atom stereocenters. The highest BCUT2D eigenvalue weighted by molar-refractivity contribution is 5.92. The largest absolute Gasteiger partial charge is 0.420 e. The number of piperidine rings is 1. The van der Waals surface area contributed by atoms with E-state index in [-0.39, 0.29) is 17.7 Å². The van der Waals surface area contributed by atoms with E-state index in [2.05, 4.69) is 5.32 Å². The lowest BCUT2D eigenvalue weighted by molar-refractivity contribution is -0.137. The highest BCUT2D eigenvalue weighted by Crippen LogP contribution is 2.23. The van der Waals surface area contributed by atoms with Crippen LogP contribution in [0.5, 0.6) is 0 Å². The number of hydrogen-bond donors (Lipinski definition) is 1. The number of oxazole rings is 1. The third kappa shape index (κ3) is 3.81. The van der Waals surface area contributed by atoms with Gasteiger partial charge < -0.3 is 14.6 Å². The fraction of sp³-hybridized carbons (Fsp3) is 0.318. The van der Waals surface area contributed by atoms with Crippen LogP contribution in [-0.2, 0) is 9.59 Å². The summed E-state index contributed by atoms with van der Waals surface area (Å²) in [6, 6.07) is 15.8. The number of rotatable bonds is 4. The van der Waals surface area contributed by atoms with E-state index >= 15 is 0 Å². The third-order valence-electron chi connectivity index (χ3n) is 5.48. The number of para-hydroxylation sites is 3. The standard InChI is InChI=1S/C22H23N3O4/c1-15(25-18-9-5-6-10-19(18)29-22(25)28)21(27)24-13-11-16(12-14-24)20(26)23-17-7-3-2-4-8-17/h2-10,15-16H,11-14H2,1H3,(H,23,26). The number of carbonyl (C=O) groups is 2. The average Bonchev–Trinajstić information content (AvgIpc) is 3.09. The van der Waals surface area contributed by atoms with Crippen molar-refractivity contribution >= 4 is 28.6 Å². The fourth-order valence-electron chi connectivity index (χ4n) is 3.85. The summed E-state index contributed by atoms with van der Waals surface area (Å²) in [7, 11) is 0. The zero-order valence-electron chi connectivity index (χ0n) is 16.2. The van der Waals surface area contributed by atoms with Crippen molar-refractivity contribution in [1.82, 2.24) is 9.47 Å². The number of likely N-dealkylation sites (tertiary alicyclic amines) is 1. The molecule has 2 amide bonds. The van der Waals surface area contributed by atoms with Crippen LogP contribution in [0, 0.1) is 5.92 Å². The van der Waals surface area contributed by atoms with Crippen LogP contribution in [0.1, 0.15) is 25.8 Å². The first-order valence-electron chi connectivity index (χ1n) is 9.79. The Kier molecular flexibility index (Phi) is 5.20. The minimum absolute atomic E-state index is 0.0200. The molecule has 2 aromatic carbocycles. The van der Waals surface area contributed by atoms with Crippen LogP contribution in [0.25, 0.3) is 11.1 Å². The first-order valence-corrected chi connectivity index (χ1v) is 9.79. The number of aromatic nitrogens is 1. The fourth-order valence-corrected chi connectivity index (χ4v) is 3.85. The molecule has 4 rings (SSSR count). The summed E-state index contributed by atoms with van der Waals surface area (Å²) in [6.07, 6.45) is 1.19. The van der Waals surface area contributed by atoms with Gasteiger partial charge in [-0.25, -0.2) is 4.79 Å². The van der Waals surface area contributed by atoms with E-state index in [9.17, 15) is 14.4 Å². The van der Waals surface area contributed by atoms with Gasteiger partial charge in [-0.05, 0) is 44.0 Å². The molecule has 7 nitrogen and oxygen atoms in total. The van der Waals surface area contributed by atoms with Gasteiger partial charge in [0.1, 0.15) is 6.04 Å². The summed E-state index contributed by atoms with van der Waals surface area (Å²) in [5.74, 6) is -0.829. The van der Waals surface area contributed by atoms with E-state index in [1.54, 1.807) is 30.0 Å². The summed E-state index contributed by atoms with van der Waals surface area (Å²) >= 11 is 0. The summed E-state index contributed by atoms with van der Waals surface area (Å²) in [5.41, 5.74) is 1.85. The van der Waals surface area contributed by atoms with Crippen LogP contribution < -0.4 is 11.1 Å². The van der Waals surface area contributed by atoms with Crippen molar-refractivity contribution in [1.29, 1.82) is 0 Å². The van der Waals surface area contributed by atoms with E-state index in [1.165, 1.54) is 4.57 Å². The molecule has 1 aliphatic rings. The molecule has 1 N–H and O–H groups in total. The Labute approximate surface area is 167 Å². The molecular formula is C22H23N3O4. The molecule has 0 bridgehead atoms. The highest BCUT2D eigenvalue weighted by Gasteiger charge is 2.31. The number of benzene rings is 2. The second-order valence-electron chi connectivity index (χ2n) is 7.34. The molecule has 1 fully saturated rings. The predicted octanol–water partition coefficient (Wildman–Crippen LogP) is 3.03. The molecule has 1 saturated heterocycles. The minimum atomic E-state index is -0.666. The number of nitrogens with one attached hydrogen (secondary N) is 1. The maximum atomic E-state index is 13.0. The summed E-state index contributed by atoms with van der Waals surface area (Å²) in [6.45, 7) is 2.68. The molecule has 0 radical (unpaired) electrons. The maximum absolute atomic E-state index is 13.0. The molecule has 7 heteroatoms. The second kappa shape index (κ2) is 7.95. The Hall–Kier alpha value is -3.35. The molecule has 1 aromatic heterocycles. The van der Waals surface area contributed by atoms with E-state index in [0.717, 1.165) is 5.69 Å². The first-order chi connectivity index (χ1) is 14.0. The van der Waals surface area contributed by atoms with Gasteiger partial charge in [0.05, 0.1) is 5.52 Å². The topological polar surface area (TPSA) is 84.5 Å². The van der Waals surface area contributed by atoms with Crippen LogP contribution >= 0.6 is 0 Å². The number of hydrogen-bond acceptors (Lipinski definition) is 4. The van der Waals surface area contributed by atoms with Gasteiger partial charge in [0.2, 0.25) is 11.8 Å². The number of anilines is 1. The summed E-state index contributed by atoms with van der Waals surface area (Å²) < 4.78 is 6.64. The van der Waals surface area contributed by atoms with Gasteiger partial charge in [0.15, 0.2) is 5.58 Å². The first kappa shape index (κ1) is 19.0. The Morgan fingerprint density at radius 3 is 2.41 bits per heavy atom. The predicted molar refractivity (Wildman–Crippen MR) is 110 cm³/mol. The molecule has 3 aromatic rings. The van der Waals surface area contributed by atoms with Gasteiger partial charge in [-0.2, -0.15) is 0 Å². The lowest BCUT2D eigenvalue weighted by Crippen LogP contribution is -2.44. The van der Waals surface area contributed by atoms with Crippen LogP contribution in [0.4, 0.5) is 5.69 Å². The van der Waals surface area contributed by atoms with Crippen LogP contribution in [0.2, 0.25) is 0 Å². The monoisotopic (exact) mass is 393 g/mol. The van der Waals surface area contributed by atoms with Gasteiger partial charge >= 0.3 is 5.76 Å². The Morgan fingerprint density at radius 1 is 1.03 bits per heavy atom. The van der Waals surface area contributed by atoms with Crippen LogP contribution in [-0.4, -0.2) is 34.4 Å². The van der Waals surface area contributed by atoms with Crippen molar-refractivity contribution in [2.45, 2.75) is 25.8 Å². The summed E-state index contributed by atoms with van der Waals surface area (Å²) in [4.78, 5) is 39.4. The van der Waals surface area contributed by atoms with Crippen molar-refractivity contribution in [3.05, 3.63) is 65.1 Å². The Balaban J connectivity index is 1.40. The zero-order chi connectivity index (χ0) is 20.4. The molecule has 1 atom stereocenters. The molecule has 29 heavy (non-hydrogen) atoms. The van der Waals surface area contributed by atoms with Crippen LogP contribution in [0.15, 0.2) is 63.8 Å². The Bertz CT molecular complexity index is 1080. The van der Waals surface area contributed by atoms with Crippen molar-refractivity contribution < 1.29 is 14.0 Å². The second-order valence-corrected chi connectivity index (χ2v) is 7.34. The number of amides is 2. The van der Waals surface area contributed by atoms with Crippen molar-refractivity contribution in [3.8, 4) is 0 Å². The zero-order valence-corrected chi connectivity index (χ0v) is 16.2. The van der Waals surface area contributed by atoms with E-state index in [4.69, 9.17) is 4.42 Å². The van der Waals surface area contributed by atoms with Crippen molar-refractivity contribution in [2.75, 3.05) is 18.4 Å². The molecule has 2 heterocycles. The van der Waals surface area contributed by atoms with Crippen molar-refractivity contribution in [3.63, 3.8) is 0 Å². The Morgan fingerprint density at radius 2 is 1.69 bits per heavy atom. The SMILES string of the molecule is CC(C(=O)N1CCC(C(=O)Nc2ccccc2)CC1)n1c(=O)oc2ccccc21. The highest BCUT2D eigenvalue weighted by atomic mass is 16.4. The normalized spacial score (nSPS) is 16.0. The van der Waals surface area contributed by atoms with E-state index in [1.807, 2.05) is 36.4 Å². The molecular weight excluding hydrogens is 370 g/mol. The van der Waals surface area contributed by atoms with Crippen LogP contribution in [0.3, 0.4) is 0 Å².